The molecule has 3 aliphatic heterocycles. The van der Waals surface area contributed by atoms with Gasteiger partial charge in [0.15, 0.2) is 0 Å². The van der Waals surface area contributed by atoms with Gasteiger partial charge in [-0.2, -0.15) is 0 Å². The predicted molar refractivity (Wildman–Crippen MR) is 62.8 cm³/mol. The molecule has 0 aromatic heterocycles. The average molecular weight is 239 g/mol. The monoisotopic (exact) mass is 239 g/mol. The van der Waals surface area contributed by atoms with Gasteiger partial charge in [0.2, 0.25) is 0 Å². The molecule has 0 aromatic rings. The van der Waals surface area contributed by atoms with Gasteiger partial charge in [-0.25, -0.2) is 4.79 Å². The highest BCUT2D eigenvalue weighted by Gasteiger charge is 2.57. The van der Waals surface area contributed by atoms with E-state index in [9.17, 15) is 4.79 Å². The first-order valence-electron chi connectivity index (χ1n) is 6.54. The zero-order chi connectivity index (χ0) is 12.3. The molecule has 3 fully saturated rings. The van der Waals surface area contributed by atoms with Crippen LogP contribution in [0.4, 0.5) is 4.79 Å². The molecule has 3 heterocycles. The van der Waals surface area contributed by atoms with Crippen molar-refractivity contribution >= 4 is 6.09 Å². The molecular weight excluding hydrogens is 218 g/mol. The predicted octanol–water partition coefficient (Wildman–Crippen LogP) is 2.32. The topological polar surface area (TPSA) is 42.1 Å². The lowest BCUT2D eigenvalue weighted by atomic mass is 9.91. The number of carbonyl (C=O) groups is 1. The van der Waals surface area contributed by atoms with Crippen LogP contribution in [0.3, 0.4) is 0 Å². The molecule has 1 amide bonds. The van der Waals surface area contributed by atoms with Gasteiger partial charge in [0.05, 0.1) is 12.2 Å². The Morgan fingerprint density at radius 1 is 1.29 bits per heavy atom. The number of rotatable bonds is 0. The van der Waals surface area contributed by atoms with Gasteiger partial charge in [-0.1, -0.05) is 0 Å². The van der Waals surface area contributed by atoms with Crippen molar-refractivity contribution in [2.24, 2.45) is 0 Å². The van der Waals surface area contributed by atoms with Crippen LogP contribution in [0.5, 0.6) is 0 Å². The fourth-order valence-corrected chi connectivity index (χ4v) is 3.25. The Balaban J connectivity index is 1.70. The van der Waals surface area contributed by atoms with E-state index in [0.717, 1.165) is 32.3 Å². The Morgan fingerprint density at radius 3 is 2.24 bits per heavy atom. The Bertz CT molecular complexity index is 327. The lowest BCUT2D eigenvalue weighted by molar-refractivity contribution is -0.00100. The summed E-state index contributed by atoms with van der Waals surface area (Å²) in [7, 11) is 0. The van der Waals surface area contributed by atoms with E-state index in [-0.39, 0.29) is 11.7 Å². The first kappa shape index (κ1) is 11.3. The molecule has 4 nitrogen and oxygen atoms in total. The second-order valence-electron chi connectivity index (χ2n) is 6.65. The number of ether oxygens (including phenoxy) is 2. The van der Waals surface area contributed by atoms with Crippen molar-refractivity contribution in [1.82, 2.24) is 4.90 Å². The summed E-state index contributed by atoms with van der Waals surface area (Å²) in [5, 5.41) is 0. The van der Waals surface area contributed by atoms with Gasteiger partial charge in [0.25, 0.3) is 0 Å². The second-order valence-corrected chi connectivity index (χ2v) is 6.65. The summed E-state index contributed by atoms with van der Waals surface area (Å²) in [4.78, 5) is 14.1. The fourth-order valence-electron chi connectivity index (χ4n) is 3.25. The normalized spacial score (nSPS) is 39.6. The highest BCUT2D eigenvalue weighted by Crippen LogP contribution is 2.49. The first-order chi connectivity index (χ1) is 7.89. The molecule has 4 heteroatoms. The van der Waals surface area contributed by atoms with Crippen molar-refractivity contribution in [2.75, 3.05) is 6.61 Å². The van der Waals surface area contributed by atoms with Crippen molar-refractivity contribution in [3.63, 3.8) is 0 Å². The molecule has 1 spiro atoms. The maximum atomic E-state index is 12.2. The van der Waals surface area contributed by atoms with Crippen LogP contribution >= 0.6 is 0 Å². The molecule has 0 aromatic carbocycles. The fraction of sp³-hybridized carbons (Fsp3) is 0.923. The van der Waals surface area contributed by atoms with Gasteiger partial charge in [-0.3, -0.25) is 0 Å². The van der Waals surface area contributed by atoms with Crippen LogP contribution in [-0.4, -0.2) is 40.9 Å². The van der Waals surface area contributed by atoms with Crippen LogP contribution in [0.25, 0.3) is 0 Å². The number of hydrogen-bond donors (Lipinski definition) is 0. The number of nitrogens with zero attached hydrogens (tertiary/aromatic N) is 1. The summed E-state index contributed by atoms with van der Waals surface area (Å²) >= 11 is 0. The average Bonchev–Trinajstić information content (AvgIpc) is 2.84. The Morgan fingerprint density at radius 2 is 1.82 bits per heavy atom. The zero-order valence-corrected chi connectivity index (χ0v) is 10.9. The van der Waals surface area contributed by atoms with Gasteiger partial charge >= 0.3 is 6.09 Å². The molecule has 2 bridgehead atoms. The van der Waals surface area contributed by atoms with Crippen LogP contribution < -0.4 is 0 Å². The third-order valence-corrected chi connectivity index (χ3v) is 3.99. The molecule has 3 atom stereocenters. The van der Waals surface area contributed by atoms with E-state index >= 15 is 0 Å². The van der Waals surface area contributed by atoms with Crippen molar-refractivity contribution in [1.29, 1.82) is 0 Å². The number of piperidine rings is 1. The molecule has 0 unspecified atom stereocenters. The smallest absolute Gasteiger partial charge is 0.410 e. The summed E-state index contributed by atoms with van der Waals surface area (Å²) < 4.78 is 11.1. The maximum Gasteiger partial charge on any atom is 0.410 e. The number of fused-ring (bicyclic) bond motifs is 2. The van der Waals surface area contributed by atoms with Crippen molar-refractivity contribution in [3.05, 3.63) is 0 Å². The van der Waals surface area contributed by atoms with Crippen LogP contribution in [-0.2, 0) is 9.47 Å². The van der Waals surface area contributed by atoms with Crippen LogP contribution in [0.1, 0.15) is 46.5 Å². The first-order valence-corrected chi connectivity index (χ1v) is 6.54. The van der Waals surface area contributed by atoms with E-state index in [2.05, 4.69) is 0 Å². The number of carbonyl (C=O) groups excluding carboxylic acids is 1. The molecule has 0 aliphatic carbocycles. The van der Waals surface area contributed by atoms with E-state index in [1.165, 1.54) is 0 Å². The lowest BCUT2D eigenvalue weighted by Gasteiger charge is -2.38. The molecule has 3 saturated heterocycles. The second kappa shape index (κ2) is 3.37. The molecule has 0 radical (unpaired) electrons. The van der Waals surface area contributed by atoms with E-state index in [1.807, 2.05) is 25.7 Å². The van der Waals surface area contributed by atoms with Crippen molar-refractivity contribution in [2.45, 2.75) is 69.7 Å². The molecule has 3 aliphatic rings. The number of hydrogen-bond acceptors (Lipinski definition) is 3. The number of epoxide rings is 1. The summed E-state index contributed by atoms with van der Waals surface area (Å²) in [6.07, 6.45) is 4.08. The van der Waals surface area contributed by atoms with Crippen molar-refractivity contribution < 1.29 is 14.3 Å². The quantitative estimate of drug-likeness (QED) is 0.609. The summed E-state index contributed by atoms with van der Waals surface area (Å²) in [5.74, 6) is 0. The van der Waals surface area contributed by atoms with Gasteiger partial charge in [-0.05, 0) is 46.5 Å². The van der Waals surface area contributed by atoms with E-state index < -0.39 is 5.60 Å². The molecule has 3 rings (SSSR count). The van der Waals surface area contributed by atoms with Gasteiger partial charge < -0.3 is 14.4 Å². The summed E-state index contributed by atoms with van der Waals surface area (Å²) in [5.41, 5.74) is -0.272. The maximum absolute atomic E-state index is 12.2. The van der Waals surface area contributed by atoms with E-state index in [1.54, 1.807) is 0 Å². The summed E-state index contributed by atoms with van der Waals surface area (Å²) in [6, 6.07) is 0.678. The Kier molecular flexibility index (Phi) is 2.25. The lowest BCUT2D eigenvalue weighted by Crippen LogP contribution is -2.50. The Hall–Kier alpha value is -0.770. The van der Waals surface area contributed by atoms with Gasteiger partial charge in [0.1, 0.15) is 5.60 Å². The molecule has 0 N–H and O–H groups in total. The standard InChI is InChI=1S/C13H21NO3/c1-12(2,3)17-11(15)14-9-4-5-10(14)7-13(6-9)8-16-13/h9-10H,4-8H2,1-3H3/t9-,10+,13+. The molecule has 17 heavy (non-hydrogen) atoms. The highest BCUT2D eigenvalue weighted by atomic mass is 16.6. The third-order valence-electron chi connectivity index (χ3n) is 3.99. The molecule has 0 saturated carbocycles. The van der Waals surface area contributed by atoms with Gasteiger partial charge in [-0.15, -0.1) is 0 Å². The van der Waals surface area contributed by atoms with Gasteiger partial charge in [0, 0.05) is 12.1 Å². The minimum Gasteiger partial charge on any atom is -0.444 e. The minimum absolute atomic E-state index is 0.129. The third kappa shape index (κ3) is 2.03. The van der Waals surface area contributed by atoms with Crippen LogP contribution in [0.15, 0.2) is 0 Å². The summed E-state index contributed by atoms with van der Waals surface area (Å²) in [6.45, 7) is 6.65. The zero-order valence-electron chi connectivity index (χ0n) is 10.9. The van der Waals surface area contributed by atoms with Crippen LogP contribution in [0, 0.1) is 0 Å². The highest BCUT2D eigenvalue weighted by molar-refractivity contribution is 5.69. The number of amides is 1. The molecule has 96 valence electrons. The van der Waals surface area contributed by atoms with E-state index in [0.29, 0.717) is 12.1 Å². The van der Waals surface area contributed by atoms with Crippen LogP contribution in [0.2, 0.25) is 0 Å². The largest absolute Gasteiger partial charge is 0.444 e. The molecular formula is C13H21NO3. The SMILES string of the molecule is CC(C)(C)OC(=O)N1[C@@H]2CC[C@H]1C[C@]1(CO1)C2. The Labute approximate surface area is 102 Å². The van der Waals surface area contributed by atoms with E-state index in [4.69, 9.17) is 9.47 Å². The minimum atomic E-state index is -0.401. The van der Waals surface area contributed by atoms with Crippen molar-refractivity contribution in [3.8, 4) is 0 Å².